The minimum atomic E-state index is -1.36. The van der Waals surface area contributed by atoms with Gasteiger partial charge in [0.05, 0.1) is 0 Å². The molecule has 0 amide bonds. The van der Waals surface area contributed by atoms with Gasteiger partial charge in [-0.1, -0.05) is 0 Å². The van der Waals surface area contributed by atoms with E-state index in [0.29, 0.717) is 0 Å². The first kappa shape index (κ1) is 11.8. The fourth-order valence-corrected chi connectivity index (χ4v) is 1.68. The molecule has 0 unspecified atom stereocenters. The van der Waals surface area contributed by atoms with Gasteiger partial charge in [0.1, 0.15) is 0 Å². The number of hydrogen-bond donors (Lipinski definition) is 0. The maximum Gasteiger partial charge on any atom is 0 e. The predicted molar refractivity (Wildman–Crippen MR) is 42.1 cm³/mol. The van der Waals surface area contributed by atoms with E-state index in [4.69, 9.17) is 0 Å². The molecule has 0 aliphatic rings. The molecule has 0 N–H and O–H groups in total. The number of hydrogen-bond acceptors (Lipinski definition) is 0. The van der Waals surface area contributed by atoms with Crippen LogP contribution < -0.4 is 0 Å². The minimum absolute atomic E-state index is 0. The summed E-state index contributed by atoms with van der Waals surface area (Å²) in [4.78, 5) is 0. The average Bonchev–Trinajstić information content (AvgIpc) is 1.72. The maximum atomic E-state index is 3.65. The van der Waals surface area contributed by atoms with Crippen molar-refractivity contribution in [2.45, 2.75) is 0 Å². The van der Waals surface area contributed by atoms with Crippen molar-refractivity contribution in [1.29, 1.82) is 0 Å². The van der Waals surface area contributed by atoms with Crippen LogP contribution in [0, 0.1) is 0 Å². The topological polar surface area (TPSA) is 0 Å². The molecule has 0 aliphatic heterocycles. The Kier molecular flexibility index (Phi) is 11.8. The molecular formula is C6H9NaSn. The van der Waals surface area contributed by atoms with Gasteiger partial charge in [-0.3, -0.25) is 0 Å². The molecule has 0 atom stereocenters. The first-order valence-electron chi connectivity index (χ1n) is 2.09. The van der Waals surface area contributed by atoms with Crippen LogP contribution in [0.25, 0.3) is 0 Å². The smallest absolute Gasteiger partial charge is 0 e. The fraction of sp³-hybridized carbons (Fsp3) is 0. The maximum absolute atomic E-state index is 3.65. The Morgan fingerprint density at radius 1 is 0.875 bits per heavy atom. The molecule has 0 bridgehead atoms. The largest absolute Gasteiger partial charge is 0 e. The van der Waals surface area contributed by atoms with Crippen LogP contribution in [-0.2, 0) is 0 Å². The van der Waals surface area contributed by atoms with Crippen LogP contribution in [0.5, 0.6) is 0 Å². The molecule has 0 nitrogen and oxygen atoms in total. The normalized spacial score (nSPS) is 7.12. The van der Waals surface area contributed by atoms with Gasteiger partial charge in [-0.2, -0.15) is 0 Å². The second-order valence-corrected chi connectivity index (χ2v) is 7.46. The van der Waals surface area contributed by atoms with E-state index in [-0.39, 0.29) is 29.6 Å². The van der Waals surface area contributed by atoms with E-state index in [9.17, 15) is 0 Å². The second kappa shape index (κ2) is 8.02. The third-order valence-electron chi connectivity index (χ3n) is 0.707. The first-order chi connectivity index (χ1) is 3.35. The zero-order valence-corrected chi connectivity index (χ0v) is 10.2. The zero-order chi connectivity index (χ0) is 5.70. The predicted octanol–water partition coefficient (Wildman–Crippen LogP) is 1.28. The average molecular weight is 223 g/mol. The van der Waals surface area contributed by atoms with Crippen LogP contribution in [-0.4, -0.2) is 49.3 Å². The summed E-state index contributed by atoms with van der Waals surface area (Å²) in [6.07, 6.45) is 0. The van der Waals surface area contributed by atoms with Crippen molar-refractivity contribution in [2.24, 2.45) is 0 Å². The van der Waals surface area contributed by atoms with Crippen LogP contribution in [0.3, 0.4) is 0 Å². The Morgan fingerprint density at radius 3 is 1.12 bits per heavy atom. The van der Waals surface area contributed by atoms with Crippen molar-refractivity contribution in [2.75, 3.05) is 0 Å². The molecule has 0 heterocycles. The van der Waals surface area contributed by atoms with Crippen molar-refractivity contribution in [3.63, 3.8) is 0 Å². The first-order valence-corrected chi connectivity index (χ1v) is 7.03. The van der Waals surface area contributed by atoms with Gasteiger partial charge in [0, 0.05) is 29.6 Å². The third-order valence-corrected chi connectivity index (χ3v) is 4.74. The molecule has 2 radical (unpaired) electrons. The summed E-state index contributed by atoms with van der Waals surface area (Å²) < 4.78 is 5.96. The van der Waals surface area contributed by atoms with E-state index < -0.39 is 19.8 Å². The fourth-order valence-electron chi connectivity index (χ4n) is 0.250. The van der Waals surface area contributed by atoms with E-state index in [0.717, 1.165) is 0 Å². The summed E-state index contributed by atoms with van der Waals surface area (Å²) in [6.45, 7) is 10.9. The third kappa shape index (κ3) is 5.16. The van der Waals surface area contributed by atoms with E-state index in [1.807, 2.05) is 12.3 Å². The van der Waals surface area contributed by atoms with Gasteiger partial charge in [-0.25, -0.2) is 0 Å². The van der Waals surface area contributed by atoms with Crippen molar-refractivity contribution >= 4 is 49.3 Å². The Bertz CT molecular complexity index is 69.5. The molecule has 0 saturated carbocycles. The molecule has 0 spiro atoms. The van der Waals surface area contributed by atoms with Gasteiger partial charge in [0.15, 0.2) is 0 Å². The molecule has 2 heteroatoms. The zero-order valence-electron chi connectivity index (χ0n) is 5.35. The monoisotopic (exact) mass is 224 g/mol. The van der Waals surface area contributed by atoms with Gasteiger partial charge in [-0.15, -0.1) is 0 Å². The molecule has 38 valence electrons. The Hall–Kier alpha value is 1.02. The SMILES string of the molecule is C=[CH][Sn]([CH]=C)[CH]=C.[Na]. The van der Waals surface area contributed by atoms with Crippen LogP contribution in [0.1, 0.15) is 0 Å². The summed E-state index contributed by atoms with van der Waals surface area (Å²) in [5, 5.41) is 0. The summed E-state index contributed by atoms with van der Waals surface area (Å²) >= 11 is -1.36. The Labute approximate surface area is 80.4 Å². The molecule has 8 heavy (non-hydrogen) atoms. The van der Waals surface area contributed by atoms with Gasteiger partial charge in [0.2, 0.25) is 0 Å². The quantitative estimate of drug-likeness (QED) is 0.632. The molecular weight excluding hydrogens is 214 g/mol. The summed E-state index contributed by atoms with van der Waals surface area (Å²) in [6, 6.07) is 0. The Morgan fingerprint density at radius 2 is 1.12 bits per heavy atom. The summed E-state index contributed by atoms with van der Waals surface area (Å²) in [5.74, 6) is 0. The molecule has 0 saturated heterocycles. The molecule has 0 aromatic heterocycles. The van der Waals surface area contributed by atoms with E-state index in [1.165, 1.54) is 0 Å². The standard InChI is InChI=1S/3C2H3.Na.Sn/c3*1-2;;/h3*1H,2H2;;. The Balaban J connectivity index is 0. The van der Waals surface area contributed by atoms with Gasteiger partial charge < -0.3 is 0 Å². The van der Waals surface area contributed by atoms with Crippen LogP contribution in [0.15, 0.2) is 32.0 Å². The molecule has 0 fully saturated rings. The van der Waals surface area contributed by atoms with Crippen LogP contribution in [0.2, 0.25) is 0 Å². The van der Waals surface area contributed by atoms with Crippen molar-refractivity contribution in [1.82, 2.24) is 0 Å². The van der Waals surface area contributed by atoms with E-state index in [2.05, 4.69) is 19.7 Å². The van der Waals surface area contributed by atoms with Gasteiger partial charge >= 0.3 is 51.8 Å². The molecule has 0 aromatic rings. The number of rotatable bonds is 3. The van der Waals surface area contributed by atoms with E-state index >= 15 is 0 Å². The minimum Gasteiger partial charge on any atom is 0 e. The van der Waals surface area contributed by atoms with Gasteiger partial charge in [-0.05, 0) is 0 Å². The second-order valence-electron chi connectivity index (χ2n) is 1.11. The van der Waals surface area contributed by atoms with E-state index in [1.54, 1.807) is 0 Å². The summed E-state index contributed by atoms with van der Waals surface area (Å²) in [5.41, 5.74) is 0. The molecule has 0 aromatic carbocycles. The van der Waals surface area contributed by atoms with Gasteiger partial charge in [0.25, 0.3) is 0 Å². The van der Waals surface area contributed by atoms with Crippen LogP contribution in [0.4, 0.5) is 0 Å². The van der Waals surface area contributed by atoms with Crippen molar-refractivity contribution < 1.29 is 0 Å². The molecule has 0 rings (SSSR count). The van der Waals surface area contributed by atoms with Crippen molar-refractivity contribution in [3.05, 3.63) is 32.0 Å². The van der Waals surface area contributed by atoms with Crippen LogP contribution >= 0.6 is 0 Å². The summed E-state index contributed by atoms with van der Waals surface area (Å²) in [7, 11) is 0. The molecule has 0 aliphatic carbocycles. The van der Waals surface area contributed by atoms with Crippen molar-refractivity contribution in [3.8, 4) is 0 Å².